The zero-order valence-electron chi connectivity index (χ0n) is 11.1. The average Bonchev–Trinajstić information content (AvgIpc) is 2.79. The maximum atomic E-state index is 12.3. The van der Waals surface area contributed by atoms with E-state index in [1.807, 2.05) is 23.1 Å². The molecule has 2 saturated heterocycles. The first-order valence-corrected chi connectivity index (χ1v) is 6.67. The Hall–Kier alpha value is -1.35. The Kier molecular flexibility index (Phi) is 2.67. The number of carbonyl (C=O) groups excluding carboxylic acids is 1. The number of nitrogens with one attached hydrogen (secondary N) is 1. The van der Waals surface area contributed by atoms with E-state index in [1.165, 1.54) is 17.5 Å². The number of hydrogen-bond donors (Lipinski definition) is 1. The molecule has 2 fully saturated rings. The molecule has 1 aromatic carbocycles. The number of amides is 1. The van der Waals surface area contributed by atoms with Crippen molar-refractivity contribution < 1.29 is 4.79 Å². The predicted molar refractivity (Wildman–Crippen MR) is 71.7 cm³/mol. The standard InChI is InChI=1S/C15H20N2O/c1-11-3-4-13(7-12(11)2)14(18)17-9-15(10-17)5-6-16-8-15/h3-4,7,16H,5-6,8-10H2,1-2H3. The zero-order chi connectivity index (χ0) is 12.8. The molecule has 3 rings (SSSR count). The Balaban J connectivity index is 1.70. The lowest BCUT2D eigenvalue weighted by atomic mass is 9.79. The fourth-order valence-corrected chi connectivity index (χ4v) is 3.03. The van der Waals surface area contributed by atoms with Crippen LogP contribution in [0.1, 0.15) is 27.9 Å². The third-order valence-electron chi connectivity index (χ3n) is 4.43. The second-order valence-corrected chi connectivity index (χ2v) is 5.89. The van der Waals surface area contributed by atoms with Crippen LogP contribution in [0.15, 0.2) is 18.2 Å². The molecule has 1 aromatic rings. The van der Waals surface area contributed by atoms with Crippen LogP contribution in [-0.4, -0.2) is 37.0 Å². The SMILES string of the molecule is Cc1ccc(C(=O)N2CC3(CCNC3)C2)cc1C. The van der Waals surface area contributed by atoms with Crippen molar-refractivity contribution in [3.05, 3.63) is 34.9 Å². The molecule has 2 aliphatic rings. The van der Waals surface area contributed by atoms with Crippen LogP contribution in [0.4, 0.5) is 0 Å². The van der Waals surface area contributed by atoms with Crippen LogP contribution in [-0.2, 0) is 0 Å². The normalized spacial score (nSPS) is 21.1. The van der Waals surface area contributed by atoms with Gasteiger partial charge in [-0.15, -0.1) is 0 Å². The number of likely N-dealkylation sites (tertiary alicyclic amines) is 1. The minimum atomic E-state index is 0.190. The molecular weight excluding hydrogens is 224 g/mol. The van der Waals surface area contributed by atoms with Crippen LogP contribution < -0.4 is 5.32 Å². The molecule has 0 unspecified atom stereocenters. The summed E-state index contributed by atoms with van der Waals surface area (Å²) >= 11 is 0. The predicted octanol–water partition coefficient (Wildman–Crippen LogP) is 1.74. The van der Waals surface area contributed by atoms with Gasteiger partial charge in [0.25, 0.3) is 5.91 Å². The minimum absolute atomic E-state index is 0.190. The molecule has 2 heterocycles. The van der Waals surface area contributed by atoms with Gasteiger partial charge in [-0.25, -0.2) is 0 Å². The number of benzene rings is 1. The van der Waals surface area contributed by atoms with Crippen molar-refractivity contribution in [3.8, 4) is 0 Å². The molecule has 0 atom stereocenters. The summed E-state index contributed by atoms with van der Waals surface area (Å²) in [4.78, 5) is 14.3. The van der Waals surface area contributed by atoms with E-state index >= 15 is 0 Å². The summed E-state index contributed by atoms with van der Waals surface area (Å²) in [6, 6.07) is 5.99. The van der Waals surface area contributed by atoms with Gasteiger partial charge in [-0.1, -0.05) is 6.07 Å². The van der Waals surface area contributed by atoms with Gasteiger partial charge in [-0.3, -0.25) is 4.79 Å². The fraction of sp³-hybridized carbons (Fsp3) is 0.533. The number of rotatable bonds is 1. The Bertz CT molecular complexity index is 481. The lowest BCUT2D eigenvalue weighted by Crippen LogP contribution is -2.59. The van der Waals surface area contributed by atoms with E-state index in [4.69, 9.17) is 0 Å². The largest absolute Gasteiger partial charge is 0.337 e. The van der Waals surface area contributed by atoms with E-state index in [0.29, 0.717) is 5.41 Å². The lowest BCUT2D eigenvalue weighted by Gasteiger charge is -2.47. The summed E-state index contributed by atoms with van der Waals surface area (Å²) in [7, 11) is 0. The van der Waals surface area contributed by atoms with Gasteiger partial charge in [0.1, 0.15) is 0 Å². The summed E-state index contributed by atoms with van der Waals surface area (Å²) in [6.07, 6.45) is 1.21. The van der Waals surface area contributed by atoms with Crippen molar-refractivity contribution in [2.75, 3.05) is 26.2 Å². The van der Waals surface area contributed by atoms with Gasteiger partial charge in [0.2, 0.25) is 0 Å². The number of carbonyl (C=O) groups is 1. The van der Waals surface area contributed by atoms with Gasteiger partial charge in [0.15, 0.2) is 0 Å². The molecule has 3 nitrogen and oxygen atoms in total. The molecule has 18 heavy (non-hydrogen) atoms. The van der Waals surface area contributed by atoms with Crippen LogP contribution in [0.3, 0.4) is 0 Å². The molecule has 0 aliphatic carbocycles. The smallest absolute Gasteiger partial charge is 0.253 e. The van der Waals surface area contributed by atoms with Crippen LogP contribution in [0, 0.1) is 19.3 Å². The van der Waals surface area contributed by atoms with Crippen LogP contribution in [0.25, 0.3) is 0 Å². The maximum Gasteiger partial charge on any atom is 0.253 e. The van der Waals surface area contributed by atoms with Crippen molar-refractivity contribution in [2.45, 2.75) is 20.3 Å². The first kappa shape index (κ1) is 11.7. The monoisotopic (exact) mass is 244 g/mol. The van der Waals surface area contributed by atoms with Gasteiger partial charge in [-0.05, 0) is 50.1 Å². The van der Waals surface area contributed by atoms with Gasteiger partial charge in [0.05, 0.1) is 0 Å². The first-order chi connectivity index (χ1) is 8.60. The van der Waals surface area contributed by atoms with Crippen LogP contribution in [0.5, 0.6) is 0 Å². The summed E-state index contributed by atoms with van der Waals surface area (Å²) in [6.45, 7) is 8.16. The van der Waals surface area contributed by atoms with Crippen molar-refractivity contribution in [1.82, 2.24) is 10.2 Å². The highest BCUT2D eigenvalue weighted by Crippen LogP contribution is 2.36. The van der Waals surface area contributed by atoms with E-state index in [9.17, 15) is 4.79 Å². The highest BCUT2D eigenvalue weighted by atomic mass is 16.2. The maximum absolute atomic E-state index is 12.3. The van der Waals surface area contributed by atoms with Gasteiger partial charge in [-0.2, -0.15) is 0 Å². The molecule has 2 aliphatic heterocycles. The number of nitrogens with zero attached hydrogens (tertiary/aromatic N) is 1. The van der Waals surface area contributed by atoms with Gasteiger partial charge in [0, 0.05) is 30.6 Å². The highest BCUT2D eigenvalue weighted by molar-refractivity contribution is 5.95. The second kappa shape index (κ2) is 4.09. The molecule has 0 bridgehead atoms. The fourth-order valence-electron chi connectivity index (χ4n) is 3.03. The van der Waals surface area contributed by atoms with E-state index < -0.39 is 0 Å². The summed E-state index contributed by atoms with van der Waals surface area (Å²) in [5.74, 6) is 0.190. The summed E-state index contributed by atoms with van der Waals surface area (Å²) in [5, 5.41) is 3.39. The molecule has 1 amide bonds. The Morgan fingerprint density at radius 2 is 2.06 bits per heavy atom. The van der Waals surface area contributed by atoms with E-state index in [-0.39, 0.29) is 5.91 Å². The topological polar surface area (TPSA) is 32.3 Å². The Labute approximate surface area is 108 Å². The van der Waals surface area contributed by atoms with E-state index in [2.05, 4.69) is 19.2 Å². The molecular formula is C15H20N2O. The van der Waals surface area contributed by atoms with Gasteiger partial charge < -0.3 is 10.2 Å². The van der Waals surface area contributed by atoms with Crippen molar-refractivity contribution in [2.24, 2.45) is 5.41 Å². The average molecular weight is 244 g/mol. The first-order valence-electron chi connectivity index (χ1n) is 6.67. The van der Waals surface area contributed by atoms with E-state index in [0.717, 1.165) is 31.7 Å². The van der Waals surface area contributed by atoms with Crippen LogP contribution in [0.2, 0.25) is 0 Å². The van der Waals surface area contributed by atoms with E-state index in [1.54, 1.807) is 0 Å². The summed E-state index contributed by atoms with van der Waals surface area (Å²) < 4.78 is 0. The molecule has 96 valence electrons. The second-order valence-electron chi connectivity index (χ2n) is 5.89. The Morgan fingerprint density at radius 1 is 1.28 bits per heavy atom. The third-order valence-corrected chi connectivity index (χ3v) is 4.43. The number of aryl methyl sites for hydroxylation is 2. The lowest BCUT2D eigenvalue weighted by molar-refractivity contribution is 0.0159. The minimum Gasteiger partial charge on any atom is -0.337 e. The zero-order valence-corrected chi connectivity index (χ0v) is 11.1. The van der Waals surface area contributed by atoms with Crippen molar-refractivity contribution in [3.63, 3.8) is 0 Å². The summed E-state index contributed by atoms with van der Waals surface area (Å²) in [5.41, 5.74) is 3.65. The third kappa shape index (κ3) is 1.83. The highest BCUT2D eigenvalue weighted by Gasteiger charge is 2.46. The van der Waals surface area contributed by atoms with Gasteiger partial charge >= 0.3 is 0 Å². The number of hydrogen-bond acceptors (Lipinski definition) is 2. The molecule has 0 radical (unpaired) electrons. The molecule has 1 N–H and O–H groups in total. The molecule has 3 heteroatoms. The molecule has 1 spiro atoms. The molecule has 0 aromatic heterocycles. The Morgan fingerprint density at radius 3 is 2.67 bits per heavy atom. The quantitative estimate of drug-likeness (QED) is 0.816. The van der Waals surface area contributed by atoms with Crippen molar-refractivity contribution in [1.29, 1.82) is 0 Å². The molecule has 0 saturated carbocycles. The van der Waals surface area contributed by atoms with Crippen molar-refractivity contribution >= 4 is 5.91 Å². The van der Waals surface area contributed by atoms with Crippen LogP contribution >= 0.6 is 0 Å².